The van der Waals surface area contributed by atoms with E-state index in [0.29, 0.717) is 28.3 Å². The van der Waals surface area contributed by atoms with Gasteiger partial charge in [0.2, 0.25) is 5.91 Å². The number of nitrogens with one attached hydrogen (secondary N) is 2. The van der Waals surface area contributed by atoms with Crippen molar-refractivity contribution in [1.82, 2.24) is 4.98 Å². The Bertz CT molecular complexity index is 968. The predicted octanol–water partition coefficient (Wildman–Crippen LogP) is 4.34. The van der Waals surface area contributed by atoms with E-state index >= 15 is 0 Å². The van der Waals surface area contributed by atoms with Crippen LogP contribution in [0, 0.1) is 12.7 Å². The first-order valence-electron chi connectivity index (χ1n) is 7.74. The molecule has 2 amide bonds. The van der Waals surface area contributed by atoms with Crippen LogP contribution in [0.25, 0.3) is 10.2 Å². The minimum absolute atomic E-state index is 0.103. The molecule has 25 heavy (non-hydrogen) atoms. The number of benzene rings is 2. The Hall–Kier alpha value is -2.80. The standard InChI is InChI=1S/C18H16FN3O2S/c1-3-16(23)22-18-21-14-9-12(6-7-15(14)25-18)20-17(24)11-5-4-10(2)13(19)8-11/h4-9H,3H2,1-2H3,(H,20,24)(H,21,22,23). The molecule has 3 rings (SSSR count). The lowest BCUT2D eigenvalue weighted by Gasteiger charge is -2.06. The monoisotopic (exact) mass is 357 g/mol. The molecule has 0 unspecified atom stereocenters. The molecular weight excluding hydrogens is 341 g/mol. The molecule has 0 saturated heterocycles. The summed E-state index contributed by atoms with van der Waals surface area (Å²) in [6, 6.07) is 9.64. The van der Waals surface area contributed by atoms with E-state index in [0.717, 1.165) is 4.70 Å². The number of thiazole rings is 1. The highest BCUT2D eigenvalue weighted by atomic mass is 32.1. The Morgan fingerprint density at radius 2 is 1.96 bits per heavy atom. The van der Waals surface area contributed by atoms with Gasteiger partial charge < -0.3 is 10.6 Å². The van der Waals surface area contributed by atoms with Crippen molar-refractivity contribution < 1.29 is 14.0 Å². The van der Waals surface area contributed by atoms with E-state index in [9.17, 15) is 14.0 Å². The van der Waals surface area contributed by atoms with Gasteiger partial charge in [0.1, 0.15) is 5.82 Å². The lowest BCUT2D eigenvalue weighted by atomic mass is 10.1. The van der Waals surface area contributed by atoms with Crippen LogP contribution in [0.2, 0.25) is 0 Å². The molecule has 0 fully saturated rings. The van der Waals surface area contributed by atoms with Crippen molar-refractivity contribution >= 4 is 44.2 Å². The number of nitrogens with zero attached hydrogens (tertiary/aromatic N) is 1. The van der Waals surface area contributed by atoms with E-state index in [-0.39, 0.29) is 11.5 Å². The van der Waals surface area contributed by atoms with E-state index in [2.05, 4.69) is 15.6 Å². The van der Waals surface area contributed by atoms with Gasteiger partial charge in [0.05, 0.1) is 10.2 Å². The van der Waals surface area contributed by atoms with E-state index < -0.39 is 11.7 Å². The fourth-order valence-corrected chi connectivity index (χ4v) is 3.07. The first-order valence-corrected chi connectivity index (χ1v) is 8.56. The number of hydrogen-bond acceptors (Lipinski definition) is 4. The molecule has 1 heterocycles. The number of carbonyl (C=O) groups is 2. The third kappa shape index (κ3) is 3.83. The van der Waals surface area contributed by atoms with Crippen LogP contribution >= 0.6 is 11.3 Å². The van der Waals surface area contributed by atoms with Crippen molar-refractivity contribution in [2.24, 2.45) is 0 Å². The number of halogens is 1. The molecule has 3 aromatic rings. The third-order valence-electron chi connectivity index (χ3n) is 3.65. The van der Waals surface area contributed by atoms with E-state index in [4.69, 9.17) is 0 Å². The minimum atomic E-state index is -0.418. The normalized spacial score (nSPS) is 10.7. The molecular formula is C18H16FN3O2S. The van der Waals surface area contributed by atoms with Crippen molar-refractivity contribution in [3.05, 3.63) is 53.3 Å². The maximum atomic E-state index is 13.6. The van der Waals surface area contributed by atoms with Crippen LogP contribution in [-0.4, -0.2) is 16.8 Å². The van der Waals surface area contributed by atoms with Gasteiger partial charge in [0.25, 0.3) is 5.91 Å². The van der Waals surface area contributed by atoms with Crippen molar-refractivity contribution in [3.63, 3.8) is 0 Å². The van der Waals surface area contributed by atoms with Gasteiger partial charge in [-0.15, -0.1) is 0 Å². The van der Waals surface area contributed by atoms with Crippen molar-refractivity contribution in [3.8, 4) is 0 Å². The first kappa shape index (κ1) is 17.0. The number of aromatic nitrogens is 1. The van der Waals surface area contributed by atoms with Crippen LogP contribution in [0.4, 0.5) is 15.2 Å². The van der Waals surface area contributed by atoms with Gasteiger partial charge in [-0.1, -0.05) is 24.3 Å². The number of hydrogen-bond donors (Lipinski definition) is 2. The largest absolute Gasteiger partial charge is 0.322 e. The van der Waals surface area contributed by atoms with E-state index in [1.807, 2.05) is 6.07 Å². The SMILES string of the molecule is CCC(=O)Nc1nc2cc(NC(=O)c3ccc(C)c(F)c3)ccc2s1. The summed E-state index contributed by atoms with van der Waals surface area (Å²) in [5, 5.41) is 5.97. The summed E-state index contributed by atoms with van der Waals surface area (Å²) >= 11 is 1.36. The lowest BCUT2D eigenvalue weighted by molar-refractivity contribution is -0.115. The topological polar surface area (TPSA) is 71.1 Å². The van der Waals surface area contributed by atoms with Crippen LogP contribution in [-0.2, 0) is 4.79 Å². The molecule has 2 N–H and O–H groups in total. The second-order valence-electron chi connectivity index (χ2n) is 5.52. The number of carbonyl (C=O) groups excluding carboxylic acids is 2. The molecule has 1 aromatic heterocycles. The predicted molar refractivity (Wildman–Crippen MR) is 97.6 cm³/mol. The molecule has 0 atom stereocenters. The molecule has 0 spiro atoms. The van der Waals surface area contributed by atoms with E-state index in [1.165, 1.54) is 17.4 Å². The third-order valence-corrected chi connectivity index (χ3v) is 4.60. The molecule has 0 aliphatic heterocycles. The first-order chi connectivity index (χ1) is 12.0. The summed E-state index contributed by atoms with van der Waals surface area (Å²) in [4.78, 5) is 28.0. The van der Waals surface area contributed by atoms with Crippen LogP contribution < -0.4 is 10.6 Å². The molecule has 7 heteroatoms. The number of fused-ring (bicyclic) bond motifs is 1. The molecule has 0 saturated carbocycles. The Balaban J connectivity index is 1.80. The average Bonchev–Trinajstić information content (AvgIpc) is 2.98. The minimum Gasteiger partial charge on any atom is -0.322 e. The Morgan fingerprint density at radius 1 is 1.16 bits per heavy atom. The maximum Gasteiger partial charge on any atom is 0.255 e. The second-order valence-corrected chi connectivity index (χ2v) is 6.55. The van der Waals surface area contributed by atoms with Crippen LogP contribution in [0.3, 0.4) is 0 Å². The Morgan fingerprint density at radius 3 is 2.68 bits per heavy atom. The number of amides is 2. The van der Waals surface area contributed by atoms with Gasteiger partial charge in [-0.25, -0.2) is 9.37 Å². The van der Waals surface area contributed by atoms with Gasteiger partial charge in [-0.3, -0.25) is 9.59 Å². The van der Waals surface area contributed by atoms with Gasteiger partial charge >= 0.3 is 0 Å². The van der Waals surface area contributed by atoms with Gasteiger partial charge in [-0.2, -0.15) is 0 Å². The quantitative estimate of drug-likeness (QED) is 0.729. The van der Waals surface area contributed by atoms with Crippen molar-refractivity contribution in [2.75, 3.05) is 10.6 Å². The number of anilines is 2. The fourth-order valence-electron chi connectivity index (χ4n) is 2.20. The highest BCUT2D eigenvalue weighted by molar-refractivity contribution is 7.22. The fraction of sp³-hybridized carbons (Fsp3) is 0.167. The van der Waals surface area contributed by atoms with Crippen LogP contribution in [0.5, 0.6) is 0 Å². The Kier molecular flexibility index (Phi) is 4.76. The lowest BCUT2D eigenvalue weighted by Crippen LogP contribution is -2.12. The Labute approximate surface area is 147 Å². The van der Waals surface area contributed by atoms with Crippen LogP contribution in [0.15, 0.2) is 36.4 Å². The summed E-state index contributed by atoms with van der Waals surface area (Å²) in [6.07, 6.45) is 0.379. The van der Waals surface area contributed by atoms with Gasteiger partial charge in [-0.05, 0) is 42.8 Å². The van der Waals surface area contributed by atoms with Crippen LogP contribution in [0.1, 0.15) is 29.3 Å². The van der Waals surface area contributed by atoms with Gasteiger partial charge in [0, 0.05) is 17.7 Å². The summed E-state index contributed by atoms with van der Waals surface area (Å²) in [5.74, 6) is -0.916. The summed E-state index contributed by atoms with van der Waals surface area (Å²) in [5.41, 5.74) is 1.96. The highest BCUT2D eigenvalue weighted by Gasteiger charge is 2.11. The smallest absolute Gasteiger partial charge is 0.255 e. The highest BCUT2D eigenvalue weighted by Crippen LogP contribution is 2.28. The number of aryl methyl sites for hydroxylation is 1. The van der Waals surface area contributed by atoms with Gasteiger partial charge in [0.15, 0.2) is 5.13 Å². The molecule has 0 aliphatic carbocycles. The number of rotatable bonds is 4. The zero-order valence-corrected chi connectivity index (χ0v) is 14.5. The van der Waals surface area contributed by atoms with E-state index in [1.54, 1.807) is 38.1 Å². The molecule has 0 radical (unpaired) electrons. The molecule has 5 nitrogen and oxygen atoms in total. The molecule has 128 valence electrons. The average molecular weight is 357 g/mol. The molecule has 0 aliphatic rings. The molecule has 0 bridgehead atoms. The zero-order chi connectivity index (χ0) is 18.0. The summed E-state index contributed by atoms with van der Waals surface area (Å²) in [7, 11) is 0. The van der Waals surface area contributed by atoms with Crippen molar-refractivity contribution in [1.29, 1.82) is 0 Å². The summed E-state index contributed by atoms with van der Waals surface area (Å²) < 4.78 is 14.5. The van der Waals surface area contributed by atoms with Crippen molar-refractivity contribution in [2.45, 2.75) is 20.3 Å². The second kappa shape index (κ2) is 6.98. The zero-order valence-electron chi connectivity index (χ0n) is 13.7. The summed E-state index contributed by atoms with van der Waals surface area (Å²) in [6.45, 7) is 3.41. The molecule has 2 aromatic carbocycles. The maximum absolute atomic E-state index is 13.6.